The van der Waals surface area contributed by atoms with E-state index in [2.05, 4.69) is 32.9 Å². The van der Waals surface area contributed by atoms with E-state index in [-0.39, 0.29) is 47.6 Å². The molecule has 154 valence electrons. The maximum Gasteiger partial charge on any atom is 0.317 e. The molecule has 6 aliphatic rings. The highest BCUT2D eigenvalue weighted by Gasteiger charge is 2.74. The summed E-state index contributed by atoms with van der Waals surface area (Å²) >= 11 is 0. The molecule has 0 aromatic rings. The van der Waals surface area contributed by atoms with Gasteiger partial charge in [0.15, 0.2) is 12.6 Å². The van der Waals surface area contributed by atoms with Gasteiger partial charge in [0.1, 0.15) is 5.41 Å². The van der Waals surface area contributed by atoms with Crippen LogP contribution in [0.5, 0.6) is 0 Å². The van der Waals surface area contributed by atoms with Gasteiger partial charge in [0.2, 0.25) is 0 Å². The van der Waals surface area contributed by atoms with Gasteiger partial charge in [-0.1, -0.05) is 32.9 Å². The number of fused-ring (bicyclic) bond motifs is 11. The van der Waals surface area contributed by atoms with E-state index in [9.17, 15) is 9.90 Å². The van der Waals surface area contributed by atoms with Crippen LogP contribution >= 0.6 is 0 Å². The van der Waals surface area contributed by atoms with Crippen molar-refractivity contribution in [3.8, 4) is 0 Å². The summed E-state index contributed by atoms with van der Waals surface area (Å²) in [4.78, 5) is 13.4. The molecule has 0 amide bonds. The Morgan fingerprint density at radius 1 is 1.21 bits per heavy atom. The Balaban J connectivity index is 1.19. The molecule has 1 N–H and O–H groups in total. The van der Waals surface area contributed by atoms with Gasteiger partial charge >= 0.3 is 5.97 Å². The van der Waals surface area contributed by atoms with E-state index in [0.717, 1.165) is 32.1 Å². The Hall–Kier alpha value is -0.910. The second-order valence-corrected chi connectivity index (χ2v) is 11.1. The van der Waals surface area contributed by atoms with Crippen molar-refractivity contribution >= 4 is 5.97 Å². The van der Waals surface area contributed by atoms with Gasteiger partial charge in [0.05, 0.1) is 12.2 Å². The summed E-state index contributed by atoms with van der Waals surface area (Å²) < 4.78 is 17.9. The lowest BCUT2D eigenvalue weighted by molar-refractivity contribution is -0.300. The highest BCUT2D eigenvalue weighted by atomic mass is 16.7. The van der Waals surface area contributed by atoms with Crippen LogP contribution in [0.3, 0.4) is 0 Å². The van der Waals surface area contributed by atoms with Crippen LogP contribution in [0, 0.1) is 39.9 Å². The molecule has 2 heterocycles. The zero-order chi connectivity index (χ0) is 19.5. The molecule has 3 saturated carbocycles. The highest BCUT2D eigenvalue weighted by Crippen LogP contribution is 2.70. The highest BCUT2D eigenvalue weighted by molar-refractivity contribution is 5.81. The van der Waals surface area contributed by atoms with E-state index in [1.807, 2.05) is 0 Å². The lowest BCUT2D eigenvalue weighted by Crippen LogP contribution is -2.52. The quantitative estimate of drug-likeness (QED) is 0.454. The fourth-order valence-electron chi connectivity index (χ4n) is 8.42. The summed E-state index contributed by atoms with van der Waals surface area (Å²) in [5.41, 5.74) is -0.794. The minimum absolute atomic E-state index is 0.0167. The third-order valence-corrected chi connectivity index (χ3v) is 10.4. The Morgan fingerprint density at radius 3 is 2.75 bits per heavy atom. The van der Waals surface area contributed by atoms with Crippen LogP contribution in [0.2, 0.25) is 0 Å². The molecule has 6 bridgehead atoms. The molecule has 2 saturated heterocycles. The maximum atomic E-state index is 13.4. The second kappa shape index (κ2) is 5.22. The predicted molar refractivity (Wildman–Crippen MR) is 101 cm³/mol. The van der Waals surface area contributed by atoms with Crippen molar-refractivity contribution in [3.05, 3.63) is 12.2 Å². The summed E-state index contributed by atoms with van der Waals surface area (Å²) in [7, 11) is 0. The van der Waals surface area contributed by atoms with E-state index in [1.54, 1.807) is 0 Å². The number of hydrogen-bond acceptors (Lipinski definition) is 5. The van der Waals surface area contributed by atoms with Crippen molar-refractivity contribution < 1.29 is 24.1 Å². The topological polar surface area (TPSA) is 65.0 Å². The van der Waals surface area contributed by atoms with Crippen LogP contribution in [0.15, 0.2) is 12.2 Å². The minimum atomic E-state index is -1.21. The molecule has 6 rings (SSSR count). The normalized spacial score (nSPS) is 56.6. The average molecular weight is 389 g/mol. The standard InChI is InChI=1S/C23H32O5/c1-20(2)15-8-9-21(20,3)22(25,11-15)27-12-26-19(24)23-14-5-4-13(10-14)18(23)16-6-7-17(23)28-16/h4-5,13-18,25H,6-12H2,1-3H3. The van der Waals surface area contributed by atoms with Gasteiger partial charge in [-0.2, -0.15) is 0 Å². The summed E-state index contributed by atoms with van der Waals surface area (Å²) in [6, 6.07) is 0. The SMILES string of the molecule is CC1(C)C2CCC1(C)C(O)(OCOC(=O)C13C4C=CC(C4)C1C1CCC3O1)C2. The van der Waals surface area contributed by atoms with Gasteiger partial charge in [0.25, 0.3) is 0 Å². The third kappa shape index (κ3) is 1.75. The summed E-state index contributed by atoms with van der Waals surface area (Å²) in [5, 5.41) is 11.3. The Labute approximate surface area is 166 Å². The number of carbonyl (C=O) groups excluding carboxylic acids is 1. The molecule has 4 aliphatic carbocycles. The molecule has 9 unspecified atom stereocenters. The number of rotatable bonds is 4. The van der Waals surface area contributed by atoms with Gasteiger partial charge in [-0.05, 0) is 55.3 Å². The van der Waals surface area contributed by atoms with Crippen molar-refractivity contribution in [1.29, 1.82) is 0 Å². The number of hydrogen-bond donors (Lipinski definition) is 1. The van der Waals surface area contributed by atoms with Crippen molar-refractivity contribution in [1.82, 2.24) is 0 Å². The van der Waals surface area contributed by atoms with Crippen LogP contribution in [0.1, 0.15) is 59.3 Å². The zero-order valence-corrected chi connectivity index (χ0v) is 17.1. The van der Waals surface area contributed by atoms with Crippen molar-refractivity contribution in [2.24, 2.45) is 39.9 Å². The van der Waals surface area contributed by atoms with Crippen LogP contribution < -0.4 is 0 Å². The minimum Gasteiger partial charge on any atom is -0.438 e. The van der Waals surface area contributed by atoms with Crippen LogP contribution in [0.25, 0.3) is 0 Å². The lowest BCUT2D eigenvalue weighted by Gasteiger charge is -2.44. The van der Waals surface area contributed by atoms with Crippen molar-refractivity contribution in [3.63, 3.8) is 0 Å². The molecule has 0 spiro atoms. The van der Waals surface area contributed by atoms with E-state index in [0.29, 0.717) is 18.3 Å². The zero-order valence-electron chi connectivity index (χ0n) is 17.1. The maximum absolute atomic E-state index is 13.4. The van der Waals surface area contributed by atoms with Gasteiger partial charge < -0.3 is 19.3 Å². The average Bonchev–Trinajstić information content (AvgIpc) is 3.45. The van der Waals surface area contributed by atoms with E-state index >= 15 is 0 Å². The van der Waals surface area contributed by atoms with Crippen molar-refractivity contribution in [2.75, 3.05) is 6.79 Å². The molecule has 0 radical (unpaired) electrons. The number of ether oxygens (including phenoxy) is 3. The summed E-state index contributed by atoms with van der Waals surface area (Å²) in [6.07, 6.45) is 10.5. The van der Waals surface area contributed by atoms with E-state index < -0.39 is 11.2 Å². The largest absolute Gasteiger partial charge is 0.438 e. The Kier molecular flexibility index (Phi) is 3.34. The molecule has 0 aromatic heterocycles. The molecular formula is C23H32O5. The number of carbonyl (C=O) groups is 1. The number of esters is 1. The smallest absolute Gasteiger partial charge is 0.317 e. The molecule has 5 nitrogen and oxygen atoms in total. The van der Waals surface area contributed by atoms with E-state index in [1.165, 1.54) is 0 Å². The molecule has 5 fully saturated rings. The monoisotopic (exact) mass is 388 g/mol. The van der Waals surface area contributed by atoms with Gasteiger partial charge in [0, 0.05) is 17.8 Å². The van der Waals surface area contributed by atoms with Crippen LogP contribution in [0.4, 0.5) is 0 Å². The Bertz CT molecular complexity index is 760. The summed E-state index contributed by atoms with van der Waals surface area (Å²) in [5.74, 6) is 0.0104. The molecule has 0 aromatic carbocycles. The van der Waals surface area contributed by atoms with Gasteiger partial charge in [-0.25, -0.2) is 0 Å². The number of allylic oxidation sites excluding steroid dienone is 2. The molecule has 9 atom stereocenters. The Morgan fingerprint density at radius 2 is 2.04 bits per heavy atom. The molecule has 2 aliphatic heterocycles. The van der Waals surface area contributed by atoms with E-state index in [4.69, 9.17) is 14.2 Å². The molecular weight excluding hydrogens is 356 g/mol. The fourth-order valence-corrected chi connectivity index (χ4v) is 8.42. The number of aliphatic hydroxyl groups is 1. The third-order valence-electron chi connectivity index (χ3n) is 10.4. The van der Waals surface area contributed by atoms with Crippen LogP contribution in [-0.4, -0.2) is 35.9 Å². The molecule has 28 heavy (non-hydrogen) atoms. The fraction of sp³-hybridized carbons (Fsp3) is 0.870. The first-order chi connectivity index (χ1) is 13.2. The first-order valence-corrected chi connectivity index (χ1v) is 11.1. The first-order valence-electron chi connectivity index (χ1n) is 11.1. The van der Waals surface area contributed by atoms with Gasteiger partial charge in [-0.3, -0.25) is 4.79 Å². The summed E-state index contributed by atoms with van der Waals surface area (Å²) in [6.45, 7) is 6.42. The lowest BCUT2D eigenvalue weighted by atomic mass is 9.61. The van der Waals surface area contributed by atoms with Crippen LogP contribution in [-0.2, 0) is 19.0 Å². The van der Waals surface area contributed by atoms with Gasteiger partial charge in [-0.15, -0.1) is 0 Å². The molecule has 5 heteroatoms. The second-order valence-electron chi connectivity index (χ2n) is 11.1. The predicted octanol–water partition coefficient (Wildman–Crippen LogP) is 3.41. The van der Waals surface area contributed by atoms with Crippen molar-refractivity contribution in [2.45, 2.75) is 77.3 Å². The first kappa shape index (κ1) is 17.9.